The Morgan fingerprint density at radius 2 is 2.12 bits per heavy atom. The van der Waals surface area contributed by atoms with Gasteiger partial charge in [0.2, 0.25) is 5.91 Å². The molecule has 0 bridgehead atoms. The number of thioether (sulfide) groups is 2. The van der Waals surface area contributed by atoms with Crippen LogP contribution in [0.4, 0.5) is 4.79 Å². The minimum Gasteiger partial charge on any atom is -0.354 e. The van der Waals surface area contributed by atoms with Crippen molar-refractivity contribution in [3.05, 3.63) is 30.3 Å². The van der Waals surface area contributed by atoms with E-state index in [1.165, 1.54) is 0 Å². The Balaban J connectivity index is 1.43. The maximum absolute atomic E-state index is 12.4. The summed E-state index contributed by atoms with van der Waals surface area (Å²) in [5.74, 6) is 1.59. The molecule has 4 amide bonds. The molecule has 6 nitrogen and oxygen atoms in total. The monoisotopic (exact) mass is 365 g/mol. The van der Waals surface area contributed by atoms with Gasteiger partial charge in [-0.3, -0.25) is 14.5 Å². The van der Waals surface area contributed by atoms with E-state index in [0.29, 0.717) is 18.7 Å². The van der Waals surface area contributed by atoms with E-state index in [0.717, 1.165) is 21.3 Å². The van der Waals surface area contributed by atoms with E-state index in [9.17, 15) is 14.4 Å². The molecule has 2 heterocycles. The van der Waals surface area contributed by atoms with Crippen molar-refractivity contribution in [3.63, 3.8) is 0 Å². The van der Waals surface area contributed by atoms with Crippen molar-refractivity contribution in [1.29, 1.82) is 0 Å². The Labute approximate surface area is 149 Å². The normalized spacial score (nSPS) is 22.9. The molecule has 8 heteroatoms. The van der Waals surface area contributed by atoms with E-state index < -0.39 is 11.6 Å². The molecule has 3 rings (SSSR count). The van der Waals surface area contributed by atoms with Gasteiger partial charge in [0.15, 0.2) is 0 Å². The van der Waals surface area contributed by atoms with E-state index in [4.69, 9.17) is 0 Å². The number of rotatable bonds is 6. The summed E-state index contributed by atoms with van der Waals surface area (Å²) >= 11 is 3.29. The number of carbonyl (C=O) groups excluding carboxylic acids is 3. The molecule has 2 aliphatic rings. The van der Waals surface area contributed by atoms with Crippen LogP contribution in [0.3, 0.4) is 0 Å². The average Bonchev–Trinajstić information content (AvgIpc) is 3.14. The van der Waals surface area contributed by atoms with Crippen molar-refractivity contribution in [1.82, 2.24) is 15.5 Å². The molecule has 2 saturated heterocycles. The van der Waals surface area contributed by atoms with Crippen molar-refractivity contribution < 1.29 is 14.4 Å². The minimum atomic E-state index is -0.787. The summed E-state index contributed by atoms with van der Waals surface area (Å²) in [6.07, 6.45) is 0.633. The van der Waals surface area contributed by atoms with E-state index in [-0.39, 0.29) is 18.4 Å². The van der Waals surface area contributed by atoms with E-state index >= 15 is 0 Å². The smallest absolute Gasteiger partial charge is 0.325 e. The second kappa shape index (κ2) is 7.48. The summed E-state index contributed by atoms with van der Waals surface area (Å²) in [4.78, 5) is 38.6. The quantitative estimate of drug-likeness (QED) is 0.452. The zero-order valence-corrected chi connectivity index (χ0v) is 14.8. The molecule has 0 aromatic heterocycles. The number of benzene rings is 1. The Morgan fingerprint density at radius 3 is 2.83 bits per heavy atom. The van der Waals surface area contributed by atoms with E-state index in [1.807, 2.05) is 30.3 Å². The fraction of sp³-hybridized carbons (Fsp3) is 0.438. The predicted octanol–water partition coefficient (Wildman–Crippen LogP) is 1.32. The van der Waals surface area contributed by atoms with E-state index in [1.54, 1.807) is 23.5 Å². The van der Waals surface area contributed by atoms with Crippen molar-refractivity contribution in [2.24, 2.45) is 0 Å². The van der Waals surface area contributed by atoms with Crippen LogP contribution in [-0.4, -0.2) is 58.6 Å². The van der Waals surface area contributed by atoms with Crippen LogP contribution in [0.1, 0.15) is 6.42 Å². The van der Waals surface area contributed by atoms with Gasteiger partial charge >= 0.3 is 6.03 Å². The van der Waals surface area contributed by atoms with Crippen molar-refractivity contribution in [2.45, 2.75) is 16.9 Å². The Morgan fingerprint density at radius 1 is 1.33 bits per heavy atom. The van der Waals surface area contributed by atoms with Crippen LogP contribution >= 0.6 is 23.5 Å². The number of hydrogen-bond acceptors (Lipinski definition) is 5. The fourth-order valence-corrected chi connectivity index (χ4v) is 4.84. The van der Waals surface area contributed by atoms with Gasteiger partial charge in [0.05, 0.1) is 0 Å². The molecule has 0 unspecified atom stereocenters. The molecule has 0 saturated carbocycles. The summed E-state index contributed by atoms with van der Waals surface area (Å²) in [5, 5.41) is 5.52. The SMILES string of the molecule is O=C(CN1C(=O)N[C@@]2(CCSC2)C1=O)NCCSc1ccccc1. The van der Waals surface area contributed by atoms with Crippen molar-refractivity contribution >= 4 is 41.4 Å². The Kier molecular flexibility index (Phi) is 5.35. The molecule has 2 fully saturated rings. The number of hydrogen-bond donors (Lipinski definition) is 2. The molecule has 1 atom stereocenters. The van der Waals surface area contributed by atoms with Gasteiger partial charge in [-0.25, -0.2) is 4.79 Å². The maximum atomic E-state index is 12.4. The molecule has 24 heavy (non-hydrogen) atoms. The highest BCUT2D eigenvalue weighted by molar-refractivity contribution is 7.99. The highest BCUT2D eigenvalue weighted by Gasteiger charge is 2.53. The van der Waals surface area contributed by atoms with E-state index in [2.05, 4.69) is 10.6 Å². The first-order valence-corrected chi connectivity index (χ1v) is 9.91. The first kappa shape index (κ1) is 17.2. The van der Waals surface area contributed by atoms with Crippen LogP contribution in [0.5, 0.6) is 0 Å². The van der Waals surface area contributed by atoms with Gasteiger partial charge in [-0.05, 0) is 24.3 Å². The standard InChI is InChI=1S/C16H19N3O3S2/c20-13(17-7-9-24-12-4-2-1-3-5-12)10-19-14(21)16(18-15(19)22)6-8-23-11-16/h1-5H,6-11H2,(H,17,20)(H,18,22)/t16-/m1/s1. The largest absolute Gasteiger partial charge is 0.354 e. The van der Waals surface area contributed by atoms with Gasteiger partial charge in [0.1, 0.15) is 12.1 Å². The highest BCUT2D eigenvalue weighted by atomic mass is 32.2. The highest BCUT2D eigenvalue weighted by Crippen LogP contribution is 2.33. The molecule has 1 spiro atoms. The molecule has 2 N–H and O–H groups in total. The summed E-state index contributed by atoms with van der Waals surface area (Å²) < 4.78 is 0. The predicted molar refractivity (Wildman–Crippen MR) is 95.1 cm³/mol. The molecular weight excluding hydrogens is 346 g/mol. The van der Waals surface area contributed by atoms with Gasteiger partial charge in [0, 0.05) is 22.9 Å². The molecule has 0 radical (unpaired) electrons. The third-order valence-corrected chi connectivity index (χ3v) is 6.21. The summed E-state index contributed by atoms with van der Waals surface area (Å²) in [5.41, 5.74) is -0.787. The summed E-state index contributed by atoms with van der Waals surface area (Å²) in [6, 6.07) is 9.46. The van der Waals surface area contributed by atoms with Crippen LogP contribution in [-0.2, 0) is 9.59 Å². The molecule has 0 aliphatic carbocycles. The molecule has 2 aliphatic heterocycles. The topological polar surface area (TPSA) is 78.5 Å². The second-order valence-corrected chi connectivity index (χ2v) is 7.99. The second-order valence-electron chi connectivity index (χ2n) is 5.72. The van der Waals surface area contributed by atoms with Crippen molar-refractivity contribution in [3.8, 4) is 0 Å². The number of imide groups is 1. The van der Waals surface area contributed by atoms with Crippen LogP contribution in [0.15, 0.2) is 35.2 Å². The van der Waals surface area contributed by atoms with Gasteiger partial charge in [0.25, 0.3) is 5.91 Å². The van der Waals surface area contributed by atoms with Crippen LogP contribution in [0, 0.1) is 0 Å². The van der Waals surface area contributed by atoms with Crippen LogP contribution in [0.25, 0.3) is 0 Å². The third kappa shape index (κ3) is 3.70. The van der Waals surface area contributed by atoms with Crippen LogP contribution < -0.4 is 10.6 Å². The average molecular weight is 365 g/mol. The lowest BCUT2D eigenvalue weighted by Gasteiger charge is -2.19. The van der Waals surface area contributed by atoms with Gasteiger partial charge < -0.3 is 10.6 Å². The van der Waals surface area contributed by atoms with Gasteiger partial charge in [-0.2, -0.15) is 11.8 Å². The Bertz CT molecular complexity index is 633. The number of nitrogens with one attached hydrogen (secondary N) is 2. The molecule has 1 aromatic rings. The summed E-state index contributed by atoms with van der Waals surface area (Å²) in [7, 11) is 0. The lowest BCUT2D eigenvalue weighted by molar-refractivity contribution is -0.134. The maximum Gasteiger partial charge on any atom is 0.325 e. The first-order chi connectivity index (χ1) is 11.6. The Hall–Kier alpha value is -1.67. The van der Waals surface area contributed by atoms with Crippen molar-refractivity contribution in [2.75, 3.05) is 30.3 Å². The van der Waals surface area contributed by atoms with Gasteiger partial charge in [-0.15, -0.1) is 11.8 Å². The first-order valence-electron chi connectivity index (χ1n) is 7.77. The number of amides is 4. The number of nitrogens with zero attached hydrogens (tertiary/aromatic N) is 1. The third-order valence-electron chi connectivity index (χ3n) is 4.01. The fourth-order valence-electron chi connectivity index (χ4n) is 2.73. The molecular formula is C16H19N3O3S2. The molecule has 1 aromatic carbocycles. The zero-order valence-electron chi connectivity index (χ0n) is 13.1. The zero-order chi connectivity index (χ0) is 17.0. The molecule has 128 valence electrons. The summed E-state index contributed by atoms with van der Waals surface area (Å²) in [6.45, 7) is 0.274. The van der Waals surface area contributed by atoms with Gasteiger partial charge in [-0.1, -0.05) is 18.2 Å². The van der Waals surface area contributed by atoms with Crippen LogP contribution in [0.2, 0.25) is 0 Å². The lowest BCUT2D eigenvalue weighted by Crippen LogP contribution is -2.47. The lowest BCUT2D eigenvalue weighted by atomic mass is 9.99. The minimum absolute atomic E-state index is 0.215. The number of urea groups is 1. The number of carbonyl (C=O) groups is 3.